The summed E-state index contributed by atoms with van der Waals surface area (Å²) in [5, 5.41) is -1.01. The Balaban J connectivity index is 1.78. The molecule has 57 heavy (non-hydrogen) atoms. The summed E-state index contributed by atoms with van der Waals surface area (Å²) in [6.07, 6.45) is 2.33. The summed E-state index contributed by atoms with van der Waals surface area (Å²) in [6.45, 7) is 16.3. The molecule has 2 amide bonds. The second-order valence-electron chi connectivity index (χ2n) is 16.6. The highest BCUT2D eigenvalue weighted by Gasteiger charge is 2.41. The van der Waals surface area contributed by atoms with Crippen molar-refractivity contribution in [3.05, 3.63) is 78.4 Å². The predicted molar refractivity (Wildman–Crippen MR) is 223 cm³/mol. The van der Waals surface area contributed by atoms with Gasteiger partial charge in [-0.15, -0.1) is 4.31 Å². The van der Waals surface area contributed by atoms with E-state index in [4.69, 9.17) is 19.2 Å². The number of thiazole rings is 1. The molecular weight excluding hydrogens is 789 g/mol. The second kappa shape index (κ2) is 16.6. The van der Waals surface area contributed by atoms with Gasteiger partial charge in [0.1, 0.15) is 17.0 Å². The Kier molecular flexibility index (Phi) is 12.6. The van der Waals surface area contributed by atoms with Gasteiger partial charge in [-0.2, -0.15) is 12.7 Å². The first kappa shape index (κ1) is 43.3. The molecule has 3 heterocycles. The van der Waals surface area contributed by atoms with E-state index in [-0.39, 0.29) is 17.0 Å². The number of rotatable bonds is 4. The lowest BCUT2D eigenvalue weighted by molar-refractivity contribution is 0.0595. The number of anilines is 2. The second-order valence-corrected chi connectivity index (χ2v) is 21.3. The van der Waals surface area contributed by atoms with Crippen LogP contribution in [0.3, 0.4) is 0 Å². The zero-order valence-corrected chi connectivity index (χ0v) is 36.2. The van der Waals surface area contributed by atoms with Crippen molar-refractivity contribution in [3.63, 3.8) is 0 Å². The van der Waals surface area contributed by atoms with Gasteiger partial charge in [-0.05, 0) is 102 Å². The van der Waals surface area contributed by atoms with Gasteiger partial charge in [-0.25, -0.2) is 28.0 Å². The summed E-state index contributed by atoms with van der Waals surface area (Å²) >= 11 is 0.945. The zero-order valence-electron chi connectivity index (χ0n) is 33.7. The summed E-state index contributed by atoms with van der Waals surface area (Å²) in [5.41, 5.74) is 0.184. The maximum absolute atomic E-state index is 14.8. The number of hydrogen-bond acceptors (Lipinski definition) is 12. The predicted octanol–water partition coefficient (Wildman–Crippen LogP) is 9.70. The quantitative estimate of drug-likeness (QED) is 0.192. The summed E-state index contributed by atoms with van der Waals surface area (Å²) in [7, 11) is -9.49. The van der Waals surface area contributed by atoms with Crippen LogP contribution in [0.1, 0.15) is 87.1 Å². The van der Waals surface area contributed by atoms with E-state index in [9.17, 15) is 26.4 Å². The van der Waals surface area contributed by atoms with Crippen LogP contribution in [-0.4, -0.2) is 62.6 Å². The van der Waals surface area contributed by atoms with Gasteiger partial charge in [-0.3, -0.25) is 0 Å². The van der Waals surface area contributed by atoms with Crippen LogP contribution >= 0.6 is 11.3 Å². The molecule has 2 aromatic heterocycles. The molecular formula is C41H50N4O9S3. The molecule has 16 heteroatoms. The van der Waals surface area contributed by atoms with Crippen molar-refractivity contribution in [2.24, 2.45) is 5.41 Å². The van der Waals surface area contributed by atoms with Crippen LogP contribution in [0.25, 0.3) is 27.8 Å². The van der Waals surface area contributed by atoms with E-state index in [1.54, 1.807) is 41.5 Å². The fourth-order valence-electron chi connectivity index (χ4n) is 5.51. The number of aromatic nitrogens is 2. The molecule has 2 aromatic carbocycles. The van der Waals surface area contributed by atoms with Crippen molar-refractivity contribution in [2.75, 3.05) is 21.0 Å². The number of amides is 2. The molecule has 0 fully saturated rings. The van der Waals surface area contributed by atoms with Crippen molar-refractivity contribution in [1.29, 1.82) is 0 Å². The normalized spacial score (nSPS) is 16.5. The van der Waals surface area contributed by atoms with Crippen LogP contribution in [0.4, 0.5) is 20.5 Å². The van der Waals surface area contributed by atoms with E-state index < -0.39 is 60.0 Å². The first-order chi connectivity index (χ1) is 26.5. The van der Waals surface area contributed by atoms with E-state index in [0.717, 1.165) is 23.8 Å². The third kappa shape index (κ3) is 11.0. The standard InChI is InChI=1S/C41H50N4O9S3/c1-39(2,3)24-25-52-30-20-15-19-29(27-30)35-34-31-21-13-12-18-28(31)17-11-10-14-26-56(48,49)44(37(46)53-40(4,5)6)32-22-16-23-33(42-32)57(50,51)45(36(43-34)55-35)38(47)54-41(7,8)9/h11-13,15-23,27H,10,14,24-26H2,1-9H3/b17-11-. The van der Waals surface area contributed by atoms with Gasteiger partial charge < -0.3 is 14.2 Å². The van der Waals surface area contributed by atoms with Gasteiger partial charge in [0.25, 0.3) is 10.0 Å². The van der Waals surface area contributed by atoms with Crippen molar-refractivity contribution < 1.29 is 40.6 Å². The van der Waals surface area contributed by atoms with Crippen LogP contribution < -0.4 is 13.3 Å². The minimum atomic E-state index is -5.02. The molecule has 0 unspecified atom stereocenters. The molecule has 0 saturated heterocycles. The number of allylic oxidation sites excluding steroid dienone is 1. The summed E-state index contributed by atoms with van der Waals surface area (Å²) in [6, 6.07) is 18.2. The van der Waals surface area contributed by atoms with Crippen LogP contribution in [0.2, 0.25) is 0 Å². The number of benzene rings is 2. The van der Waals surface area contributed by atoms with E-state index in [1.165, 1.54) is 12.1 Å². The molecule has 0 aliphatic carbocycles. The lowest BCUT2D eigenvalue weighted by Crippen LogP contribution is -2.43. The van der Waals surface area contributed by atoms with Gasteiger partial charge in [0.05, 0.1) is 22.9 Å². The fraction of sp³-hybridized carbons (Fsp3) is 0.415. The summed E-state index contributed by atoms with van der Waals surface area (Å²) < 4.78 is 75.4. The van der Waals surface area contributed by atoms with Crippen LogP contribution in [0.15, 0.2) is 77.8 Å². The molecule has 13 nitrogen and oxygen atoms in total. The Labute approximate surface area is 339 Å². The molecule has 1 aliphatic rings. The molecule has 0 atom stereocenters. The Morgan fingerprint density at radius 3 is 2.11 bits per heavy atom. The zero-order chi connectivity index (χ0) is 42.0. The highest BCUT2D eigenvalue weighted by molar-refractivity contribution is 7.94. The number of ether oxygens (including phenoxy) is 3. The minimum Gasteiger partial charge on any atom is -0.494 e. The van der Waals surface area contributed by atoms with Crippen LogP contribution in [0, 0.1) is 5.41 Å². The lowest BCUT2D eigenvalue weighted by atomic mass is 9.93. The molecule has 1 aliphatic heterocycles. The Bertz CT molecular complexity index is 2370. The van der Waals surface area contributed by atoms with Gasteiger partial charge in [0, 0.05) is 5.56 Å². The Hall–Kier alpha value is -4.80. The van der Waals surface area contributed by atoms with Crippen molar-refractivity contribution >= 4 is 60.6 Å². The van der Waals surface area contributed by atoms with Gasteiger partial charge in [0.15, 0.2) is 10.8 Å². The number of carbonyl (C=O) groups is 2. The largest absolute Gasteiger partial charge is 0.494 e. The lowest BCUT2D eigenvalue weighted by Gasteiger charge is -2.27. The van der Waals surface area contributed by atoms with Crippen LogP contribution in [0.5, 0.6) is 5.75 Å². The topological polar surface area (TPSA) is 162 Å². The van der Waals surface area contributed by atoms with Crippen molar-refractivity contribution in [1.82, 2.24) is 9.97 Å². The number of carbonyl (C=O) groups excluding carboxylic acids is 2. The van der Waals surface area contributed by atoms with Crippen LogP contribution in [-0.2, 0) is 29.5 Å². The van der Waals surface area contributed by atoms with E-state index >= 15 is 0 Å². The average Bonchev–Trinajstić information content (AvgIpc) is 3.50. The fourth-order valence-corrected chi connectivity index (χ4v) is 9.38. The van der Waals surface area contributed by atoms with Crippen molar-refractivity contribution in [2.45, 2.75) is 97.8 Å². The minimum absolute atomic E-state index is 0.0560. The monoisotopic (exact) mass is 838 g/mol. The smallest absolute Gasteiger partial charge is 0.431 e. The maximum Gasteiger partial charge on any atom is 0.431 e. The molecule has 0 N–H and O–H groups in total. The highest BCUT2D eigenvalue weighted by atomic mass is 32.2. The molecule has 4 aromatic rings. The first-order valence-corrected chi connectivity index (χ1v) is 22.3. The summed E-state index contributed by atoms with van der Waals surface area (Å²) in [4.78, 5) is 37.3. The Morgan fingerprint density at radius 1 is 0.789 bits per heavy atom. The number of fused-ring (bicyclic) bond motifs is 6. The third-order valence-electron chi connectivity index (χ3n) is 8.11. The average molecular weight is 839 g/mol. The number of nitrogens with zero attached hydrogens (tertiary/aromatic N) is 4. The molecule has 0 radical (unpaired) electrons. The van der Waals surface area contributed by atoms with E-state index in [2.05, 4.69) is 25.8 Å². The molecule has 306 valence electrons. The van der Waals surface area contributed by atoms with E-state index in [0.29, 0.717) is 54.6 Å². The van der Waals surface area contributed by atoms with Gasteiger partial charge in [-0.1, -0.05) is 86.7 Å². The SMILES string of the molecule is CC(C)(C)CCOc1cccc(-c2sc3nc2-c2ccccc2/C=C\CCCS(=O)(=O)N(C(=O)OC(C)(C)C)c2cccc(n2)S(=O)(=O)N3C(=O)OC(C)(C)C)c1. The van der Waals surface area contributed by atoms with Gasteiger partial charge in [0.2, 0.25) is 15.2 Å². The first-order valence-electron chi connectivity index (χ1n) is 18.5. The molecule has 0 saturated carbocycles. The maximum atomic E-state index is 14.8. The molecule has 4 bridgehead atoms. The Morgan fingerprint density at radius 2 is 1.44 bits per heavy atom. The number of sulfonamides is 2. The van der Waals surface area contributed by atoms with Crippen molar-refractivity contribution in [3.8, 4) is 27.4 Å². The number of hydrogen-bond donors (Lipinski definition) is 0. The number of pyridine rings is 1. The van der Waals surface area contributed by atoms with E-state index in [1.807, 2.05) is 60.7 Å². The summed E-state index contributed by atoms with van der Waals surface area (Å²) in [5.74, 6) is -0.429. The third-order valence-corrected chi connectivity index (χ3v) is 12.6. The highest BCUT2D eigenvalue weighted by Crippen LogP contribution is 2.44. The molecule has 0 spiro atoms. The molecule has 5 rings (SSSR count). The van der Waals surface area contributed by atoms with Gasteiger partial charge >= 0.3 is 12.2 Å².